The highest BCUT2D eigenvalue weighted by atomic mass is 32.1. The van der Waals surface area contributed by atoms with Crippen molar-refractivity contribution in [2.45, 2.75) is 33.0 Å². The predicted molar refractivity (Wildman–Crippen MR) is 108 cm³/mol. The monoisotopic (exact) mass is 392 g/mol. The zero-order chi connectivity index (χ0) is 19.8. The lowest BCUT2D eigenvalue weighted by molar-refractivity contribution is 0.119. The van der Waals surface area contributed by atoms with Crippen LogP contribution in [-0.2, 0) is 17.8 Å². The molecule has 2 aromatic rings. The van der Waals surface area contributed by atoms with Gasteiger partial charge in [0.05, 0.1) is 25.9 Å². The number of phenolic OH excluding ortho intramolecular Hbond substituents is 1. The van der Waals surface area contributed by atoms with Crippen LogP contribution in [-0.4, -0.2) is 48.8 Å². The highest BCUT2D eigenvalue weighted by molar-refractivity contribution is 7.09. The molecule has 1 atom stereocenters. The van der Waals surface area contributed by atoms with E-state index in [1.807, 2.05) is 37.2 Å². The fourth-order valence-electron chi connectivity index (χ4n) is 2.47. The summed E-state index contributed by atoms with van der Waals surface area (Å²) < 4.78 is 10.4. The van der Waals surface area contributed by atoms with Gasteiger partial charge < -0.3 is 24.8 Å². The number of rotatable bonds is 8. The van der Waals surface area contributed by atoms with Gasteiger partial charge in [-0.2, -0.15) is 0 Å². The Morgan fingerprint density at radius 2 is 2.19 bits per heavy atom. The van der Waals surface area contributed by atoms with Gasteiger partial charge in [-0.25, -0.2) is 9.98 Å². The number of aromatic hydroxyl groups is 1. The average molecular weight is 393 g/mol. The van der Waals surface area contributed by atoms with Gasteiger partial charge in [0.25, 0.3) is 0 Å². The van der Waals surface area contributed by atoms with Gasteiger partial charge in [0.1, 0.15) is 11.1 Å². The number of aromatic nitrogens is 1. The third-order valence-electron chi connectivity index (χ3n) is 4.02. The molecule has 0 aliphatic heterocycles. The SMILES string of the molecule is CCNC(=NCc1ccc(OC)c(O)c1)N(C)Cc1csc(C(C)OC)n1. The van der Waals surface area contributed by atoms with Crippen molar-refractivity contribution in [3.63, 3.8) is 0 Å². The smallest absolute Gasteiger partial charge is 0.194 e. The molecule has 0 fully saturated rings. The first-order valence-electron chi connectivity index (χ1n) is 8.80. The maximum atomic E-state index is 9.91. The first-order chi connectivity index (χ1) is 13.0. The fraction of sp³-hybridized carbons (Fsp3) is 0.474. The normalized spacial score (nSPS) is 12.7. The minimum Gasteiger partial charge on any atom is -0.504 e. The van der Waals surface area contributed by atoms with Crippen LogP contribution in [0.25, 0.3) is 0 Å². The highest BCUT2D eigenvalue weighted by Crippen LogP contribution is 2.26. The standard InChI is InChI=1S/C19H28N4O3S/c1-6-20-19(21-10-14-7-8-17(26-5)16(24)9-14)23(3)11-15-12-27-18(22-15)13(2)25-4/h7-9,12-13,24H,6,10-11H2,1-5H3,(H,20,21). The Morgan fingerprint density at radius 1 is 1.41 bits per heavy atom. The van der Waals surface area contributed by atoms with E-state index >= 15 is 0 Å². The quantitative estimate of drug-likeness (QED) is 0.531. The van der Waals surface area contributed by atoms with Crippen LogP contribution in [0.4, 0.5) is 0 Å². The lowest BCUT2D eigenvalue weighted by atomic mass is 10.2. The molecule has 7 nitrogen and oxygen atoms in total. The number of benzene rings is 1. The molecule has 8 heteroatoms. The number of methoxy groups -OCH3 is 2. The molecule has 0 radical (unpaired) electrons. The minimum absolute atomic E-state index is 0.00119. The Labute approximate surface area is 164 Å². The van der Waals surface area contributed by atoms with Crippen LogP contribution in [0.5, 0.6) is 11.5 Å². The Bertz CT molecular complexity index is 763. The van der Waals surface area contributed by atoms with Gasteiger partial charge in [0, 0.05) is 26.1 Å². The second kappa shape index (κ2) is 10.1. The summed E-state index contributed by atoms with van der Waals surface area (Å²) in [5.41, 5.74) is 1.89. The number of ether oxygens (including phenoxy) is 2. The van der Waals surface area contributed by atoms with Gasteiger partial charge >= 0.3 is 0 Å². The molecule has 0 aliphatic rings. The van der Waals surface area contributed by atoms with Crippen LogP contribution in [0.3, 0.4) is 0 Å². The van der Waals surface area contributed by atoms with Crippen molar-refractivity contribution in [1.82, 2.24) is 15.2 Å². The largest absolute Gasteiger partial charge is 0.504 e. The molecule has 0 saturated heterocycles. The molecule has 0 aliphatic carbocycles. The lowest BCUT2D eigenvalue weighted by Crippen LogP contribution is -2.38. The van der Waals surface area contributed by atoms with Gasteiger partial charge in [-0.3, -0.25) is 0 Å². The third-order valence-corrected chi connectivity index (χ3v) is 5.08. The van der Waals surface area contributed by atoms with E-state index in [1.165, 1.54) is 7.11 Å². The third kappa shape index (κ3) is 5.83. The molecule has 1 aromatic heterocycles. The van der Waals surface area contributed by atoms with E-state index in [-0.39, 0.29) is 11.9 Å². The maximum absolute atomic E-state index is 9.91. The van der Waals surface area contributed by atoms with E-state index in [9.17, 15) is 5.11 Å². The minimum atomic E-state index is -0.00119. The summed E-state index contributed by atoms with van der Waals surface area (Å²) >= 11 is 1.60. The van der Waals surface area contributed by atoms with Crippen LogP contribution in [0.1, 0.15) is 36.2 Å². The Morgan fingerprint density at radius 3 is 2.81 bits per heavy atom. The molecule has 0 amide bonds. The number of hydrogen-bond acceptors (Lipinski definition) is 6. The van der Waals surface area contributed by atoms with Crippen LogP contribution < -0.4 is 10.1 Å². The van der Waals surface area contributed by atoms with E-state index in [0.29, 0.717) is 18.8 Å². The number of hydrogen-bond donors (Lipinski definition) is 2. The summed E-state index contributed by atoms with van der Waals surface area (Å²) in [6, 6.07) is 5.31. The van der Waals surface area contributed by atoms with Crippen molar-refractivity contribution in [1.29, 1.82) is 0 Å². The number of aliphatic imine (C=N–C) groups is 1. The molecule has 1 unspecified atom stereocenters. The van der Waals surface area contributed by atoms with Crippen LogP contribution in [0, 0.1) is 0 Å². The van der Waals surface area contributed by atoms with E-state index in [2.05, 4.69) is 15.3 Å². The number of phenols is 1. The number of nitrogens with zero attached hydrogens (tertiary/aromatic N) is 3. The second-order valence-electron chi connectivity index (χ2n) is 6.09. The van der Waals surface area contributed by atoms with Gasteiger partial charge in [-0.15, -0.1) is 11.3 Å². The number of thiazole rings is 1. The first-order valence-corrected chi connectivity index (χ1v) is 9.68. The van der Waals surface area contributed by atoms with Crippen molar-refractivity contribution in [3.8, 4) is 11.5 Å². The fourth-order valence-corrected chi connectivity index (χ4v) is 3.31. The van der Waals surface area contributed by atoms with Crippen molar-refractivity contribution in [2.24, 2.45) is 4.99 Å². The van der Waals surface area contributed by atoms with Gasteiger partial charge in [-0.1, -0.05) is 6.07 Å². The molecule has 2 N–H and O–H groups in total. The van der Waals surface area contributed by atoms with Crippen LogP contribution >= 0.6 is 11.3 Å². The Balaban J connectivity index is 2.07. The first kappa shape index (κ1) is 21.0. The summed E-state index contributed by atoms with van der Waals surface area (Å²) in [4.78, 5) is 11.3. The van der Waals surface area contributed by atoms with Crippen molar-refractivity contribution in [3.05, 3.63) is 39.8 Å². The Hall–Kier alpha value is -2.32. The van der Waals surface area contributed by atoms with Crippen LogP contribution in [0.15, 0.2) is 28.6 Å². The second-order valence-corrected chi connectivity index (χ2v) is 6.98. The molecule has 1 aromatic carbocycles. The van der Waals surface area contributed by atoms with E-state index < -0.39 is 0 Å². The number of nitrogens with one attached hydrogen (secondary N) is 1. The molecule has 0 saturated carbocycles. The topological polar surface area (TPSA) is 79.2 Å². The molecule has 0 spiro atoms. The molecular weight excluding hydrogens is 364 g/mol. The van der Waals surface area contributed by atoms with E-state index in [0.717, 1.165) is 28.8 Å². The van der Waals surface area contributed by atoms with Gasteiger partial charge in [0.15, 0.2) is 17.5 Å². The molecule has 0 bridgehead atoms. The molecule has 148 valence electrons. The summed E-state index contributed by atoms with van der Waals surface area (Å²) in [5.74, 6) is 1.35. The van der Waals surface area contributed by atoms with E-state index in [4.69, 9.17) is 9.47 Å². The van der Waals surface area contributed by atoms with Gasteiger partial charge in [-0.05, 0) is 31.5 Å². The summed E-state index contributed by atoms with van der Waals surface area (Å²) in [7, 11) is 5.19. The zero-order valence-electron chi connectivity index (χ0n) is 16.5. The summed E-state index contributed by atoms with van der Waals surface area (Å²) in [5, 5.41) is 16.2. The molecule has 2 rings (SSSR count). The zero-order valence-corrected chi connectivity index (χ0v) is 17.3. The Kier molecular flexibility index (Phi) is 7.87. The maximum Gasteiger partial charge on any atom is 0.194 e. The van der Waals surface area contributed by atoms with Crippen molar-refractivity contribution < 1.29 is 14.6 Å². The average Bonchev–Trinajstić information content (AvgIpc) is 3.13. The summed E-state index contributed by atoms with van der Waals surface area (Å²) in [6.07, 6.45) is -0.00119. The lowest BCUT2D eigenvalue weighted by Gasteiger charge is -2.21. The molecule has 27 heavy (non-hydrogen) atoms. The van der Waals surface area contributed by atoms with Gasteiger partial charge in [0.2, 0.25) is 0 Å². The molecule has 1 heterocycles. The van der Waals surface area contributed by atoms with Crippen molar-refractivity contribution >= 4 is 17.3 Å². The number of guanidine groups is 1. The predicted octanol–water partition coefficient (Wildman–Crippen LogP) is 3.16. The molecular formula is C19H28N4O3S. The summed E-state index contributed by atoms with van der Waals surface area (Å²) in [6.45, 7) is 5.88. The van der Waals surface area contributed by atoms with Crippen LogP contribution in [0.2, 0.25) is 0 Å². The highest BCUT2D eigenvalue weighted by Gasteiger charge is 2.13. The van der Waals surface area contributed by atoms with Crippen molar-refractivity contribution in [2.75, 3.05) is 27.8 Å². The van der Waals surface area contributed by atoms with E-state index in [1.54, 1.807) is 30.6 Å².